The second-order valence-corrected chi connectivity index (χ2v) is 7.69. The summed E-state index contributed by atoms with van der Waals surface area (Å²) >= 11 is 0. The maximum Gasteiger partial charge on any atom is 0.271 e. The molecule has 4 rings (SSSR count). The van der Waals surface area contributed by atoms with E-state index in [4.69, 9.17) is 0 Å². The van der Waals surface area contributed by atoms with E-state index < -0.39 is 0 Å². The van der Waals surface area contributed by atoms with Crippen molar-refractivity contribution in [3.05, 3.63) is 53.9 Å². The van der Waals surface area contributed by atoms with Crippen molar-refractivity contribution in [1.82, 2.24) is 25.3 Å². The van der Waals surface area contributed by atoms with Crippen LogP contribution in [0.4, 0.5) is 0 Å². The smallest absolute Gasteiger partial charge is 0.271 e. The van der Waals surface area contributed by atoms with Crippen molar-refractivity contribution in [2.45, 2.75) is 44.3 Å². The van der Waals surface area contributed by atoms with Gasteiger partial charge in [-0.1, -0.05) is 30.3 Å². The number of hydrogen-bond acceptors (Lipinski definition) is 4. The molecule has 0 saturated carbocycles. The summed E-state index contributed by atoms with van der Waals surface area (Å²) in [6.45, 7) is 5.03. The van der Waals surface area contributed by atoms with Gasteiger partial charge in [-0.2, -0.15) is 5.10 Å². The molecule has 6 nitrogen and oxygen atoms in total. The maximum absolute atomic E-state index is 12.6. The van der Waals surface area contributed by atoms with Crippen LogP contribution in [-0.2, 0) is 6.54 Å². The minimum atomic E-state index is -0.0426. The van der Waals surface area contributed by atoms with Gasteiger partial charge in [-0.25, -0.2) is 0 Å². The number of likely N-dealkylation sites (tertiary alicyclic amines) is 1. The summed E-state index contributed by atoms with van der Waals surface area (Å²) in [6.07, 6.45) is 6.20. The van der Waals surface area contributed by atoms with Crippen LogP contribution in [0.1, 0.15) is 47.8 Å². The van der Waals surface area contributed by atoms with Crippen LogP contribution in [0, 0.1) is 0 Å². The molecular weight excluding hydrogens is 374 g/mol. The minimum Gasteiger partial charge on any atom is -0.348 e. The van der Waals surface area contributed by atoms with Crippen molar-refractivity contribution in [2.24, 2.45) is 0 Å². The number of amides is 1. The van der Waals surface area contributed by atoms with Crippen LogP contribution in [0.5, 0.6) is 0 Å². The van der Waals surface area contributed by atoms with Gasteiger partial charge in [0.25, 0.3) is 5.91 Å². The van der Waals surface area contributed by atoms with Crippen LogP contribution >= 0.6 is 12.4 Å². The molecule has 2 aromatic rings. The number of benzene rings is 1. The summed E-state index contributed by atoms with van der Waals surface area (Å²) in [5.41, 5.74) is 1.88. The molecule has 28 heavy (non-hydrogen) atoms. The molecule has 0 bridgehead atoms. The van der Waals surface area contributed by atoms with Crippen LogP contribution in [0.2, 0.25) is 0 Å². The number of hydrogen-bond donors (Lipinski definition) is 2. The van der Waals surface area contributed by atoms with E-state index >= 15 is 0 Å². The van der Waals surface area contributed by atoms with Gasteiger partial charge < -0.3 is 10.6 Å². The summed E-state index contributed by atoms with van der Waals surface area (Å²) < 4.78 is 1.95. The predicted octanol–water partition coefficient (Wildman–Crippen LogP) is 2.62. The quantitative estimate of drug-likeness (QED) is 0.805. The standard InChI is InChI=1S/C21H29N5O.ClH/c27-21(20-10-14-26(24-20)19-7-4-11-22-15-19)23-18-8-12-25(13-9-18)16-17-5-2-1-3-6-17;/h1-3,5-6,10,14,18-19,22H,4,7-9,11-13,15-16H2,(H,23,27);1H. The molecule has 1 aromatic carbocycles. The van der Waals surface area contributed by atoms with Crippen LogP contribution < -0.4 is 10.6 Å². The van der Waals surface area contributed by atoms with E-state index in [-0.39, 0.29) is 24.4 Å². The Morgan fingerprint density at radius 3 is 2.64 bits per heavy atom. The third-order valence-electron chi connectivity index (χ3n) is 5.66. The maximum atomic E-state index is 12.6. The molecule has 0 radical (unpaired) electrons. The van der Waals surface area contributed by atoms with Gasteiger partial charge in [0.1, 0.15) is 5.69 Å². The zero-order chi connectivity index (χ0) is 18.5. The van der Waals surface area contributed by atoms with Gasteiger partial charge in [-0.15, -0.1) is 12.4 Å². The van der Waals surface area contributed by atoms with Crippen LogP contribution in [-0.4, -0.2) is 52.8 Å². The minimum absolute atomic E-state index is 0. The lowest BCUT2D eigenvalue weighted by Crippen LogP contribution is -2.44. The largest absolute Gasteiger partial charge is 0.348 e. The molecule has 2 fully saturated rings. The van der Waals surface area contributed by atoms with Crippen molar-refractivity contribution in [3.8, 4) is 0 Å². The molecule has 1 unspecified atom stereocenters. The van der Waals surface area contributed by atoms with Gasteiger partial charge in [0, 0.05) is 38.4 Å². The molecule has 152 valence electrons. The second-order valence-electron chi connectivity index (χ2n) is 7.69. The number of nitrogens with zero attached hydrogens (tertiary/aromatic N) is 3. The zero-order valence-electron chi connectivity index (χ0n) is 16.2. The molecule has 2 N–H and O–H groups in total. The van der Waals surface area contributed by atoms with E-state index in [0.717, 1.165) is 58.4 Å². The molecule has 0 spiro atoms. The van der Waals surface area contributed by atoms with Gasteiger partial charge in [0.15, 0.2) is 0 Å². The number of aromatic nitrogens is 2. The first-order valence-corrected chi connectivity index (χ1v) is 10.1. The van der Waals surface area contributed by atoms with E-state index in [1.165, 1.54) is 5.56 Å². The highest BCUT2D eigenvalue weighted by Crippen LogP contribution is 2.17. The van der Waals surface area contributed by atoms with Gasteiger partial charge >= 0.3 is 0 Å². The fraction of sp³-hybridized carbons (Fsp3) is 0.524. The molecule has 1 atom stereocenters. The molecule has 2 saturated heterocycles. The first-order valence-electron chi connectivity index (χ1n) is 10.1. The molecule has 1 aromatic heterocycles. The van der Waals surface area contributed by atoms with E-state index in [0.29, 0.717) is 11.7 Å². The molecule has 2 aliphatic rings. The predicted molar refractivity (Wildman–Crippen MR) is 113 cm³/mol. The highest BCUT2D eigenvalue weighted by atomic mass is 35.5. The molecular formula is C21H30ClN5O. The molecule has 0 aliphatic carbocycles. The molecule has 1 amide bonds. The van der Waals surface area contributed by atoms with Crippen molar-refractivity contribution in [1.29, 1.82) is 0 Å². The van der Waals surface area contributed by atoms with Crippen molar-refractivity contribution < 1.29 is 4.79 Å². The fourth-order valence-corrected chi connectivity index (χ4v) is 4.06. The number of halogens is 1. The van der Waals surface area contributed by atoms with Gasteiger partial charge in [0.05, 0.1) is 6.04 Å². The van der Waals surface area contributed by atoms with E-state index in [1.54, 1.807) is 0 Å². The summed E-state index contributed by atoms with van der Waals surface area (Å²) in [6, 6.07) is 13.0. The summed E-state index contributed by atoms with van der Waals surface area (Å²) in [4.78, 5) is 15.0. The first-order chi connectivity index (χ1) is 13.3. The van der Waals surface area contributed by atoms with Gasteiger partial charge in [-0.05, 0) is 43.9 Å². The Morgan fingerprint density at radius 1 is 1.14 bits per heavy atom. The number of piperidine rings is 2. The lowest BCUT2D eigenvalue weighted by Gasteiger charge is -2.32. The molecule has 2 aliphatic heterocycles. The van der Waals surface area contributed by atoms with E-state index in [1.807, 2.05) is 16.9 Å². The number of carbonyl (C=O) groups is 1. The zero-order valence-corrected chi connectivity index (χ0v) is 17.0. The van der Waals surface area contributed by atoms with Crippen molar-refractivity contribution in [3.63, 3.8) is 0 Å². The van der Waals surface area contributed by atoms with E-state index in [9.17, 15) is 4.79 Å². The first kappa shape index (κ1) is 20.8. The Hall–Kier alpha value is -1.89. The summed E-state index contributed by atoms with van der Waals surface area (Å²) in [5.74, 6) is -0.0426. The van der Waals surface area contributed by atoms with Crippen LogP contribution in [0.15, 0.2) is 42.6 Å². The highest BCUT2D eigenvalue weighted by molar-refractivity contribution is 5.92. The van der Waals surface area contributed by atoms with Crippen molar-refractivity contribution >= 4 is 18.3 Å². The Balaban J connectivity index is 0.00000225. The monoisotopic (exact) mass is 403 g/mol. The van der Waals surface area contributed by atoms with Gasteiger partial charge in [0.2, 0.25) is 0 Å². The fourth-order valence-electron chi connectivity index (χ4n) is 4.06. The topological polar surface area (TPSA) is 62.2 Å². The van der Waals surface area contributed by atoms with E-state index in [2.05, 4.69) is 51.0 Å². The van der Waals surface area contributed by atoms with Gasteiger partial charge in [-0.3, -0.25) is 14.4 Å². The van der Waals surface area contributed by atoms with Crippen molar-refractivity contribution in [2.75, 3.05) is 26.2 Å². The average Bonchev–Trinajstić information content (AvgIpc) is 3.21. The lowest BCUT2D eigenvalue weighted by atomic mass is 10.0. The number of carbonyl (C=O) groups excluding carboxylic acids is 1. The molecule has 7 heteroatoms. The average molecular weight is 404 g/mol. The Kier molecular flexibility index (Phi) is 7.48. The third kappa shape index (κ3) is 5.34. The molecule has 3 heterocycles. The third-order valence-corrected chi connectivity index (χ3v) is 5.66. The Morgan fingerprint density at radius 2 is 1.93 bits per heavy atom. The summed E-state index contributed by atoms with van der Waals surface area (Å²) in [5, 5.41) is 11.1. The Labute approximate surface area is 173 Å². The van der Waals surface area contributed by atoms with Crippen LogP contribution in [0.3, 0.4) is 0 Å². The highest BCUT2D eigenvalue weighted by Gasteiger charge is 2.23. The second kappa shape index (κ2) is 10.0. The lowest BCUT2D eigenvalue weighted by molar-refractivity contribution is 0.0902. The summed E-state index contributed by atoms with van der Waals surface area (Å²) in [7, 11) is 0. The number of nitrogens with one attached hydrogen (secondary N) is 2. The Bertz CT molecular complexity index is 736. The normalized spacial score (nSPS) is 21.1. The number of rotatable bonds is 5. The SMILES string of the molecule is Cl.O=C(NC1CCN(Cc2ccccc2)CC1)c1ccn(C2CCCNC2)n1. The van der Waals surface area contributed by atoms with Crippen LogP contribution in [0.25, 0.3) is 0 Å².